The fraction of sp³-hybridized carbons (Fsp3) is 0.667. The molecule has 0 aromatic heterocycles. The van der Waals surface area contributed by atoms with Crippen molar-refractivity contribution in [2.45, 2.75) is 46.7 Å². The van der Waals surface area contributed by atoms with Gasteiger partial charge >= 0.3 is 0 Å². The van der Waals surface area contributed by atoms with Gasteiger partial charge in [0.05, 0.1) is 12.2 Å². The number of carbonyl (C=O) groups excluding carboxylic acids is 1. The van der Waals surface area contributed by atoms with Crippen molar-refractivity contribution in [3.63, 3.8) is 0 Å². The highest BCUT2D eigenvalue weighted by atomic mass is 16.2. The van der Waals surface area contributed by atoms with Gasteiger partial charge in [0.2, 0.25) is 0 Å². The molecule has 90 valence electrons. The summed E-state index contributed by atoms with van der Waals surface area (Å²) in [5, 5.41) is 6.15. The van der Waals surface area contributed by atoms with E-state index in [0.29, 0.717) is 18.3 Å². The van der Waals surface area contributed by atoms with Crippen LogP contribution in [-0.2, 0) is 4.79 Å². The van der Waals surface area contributed by atoms with Crippen molar-refractivity contribution in [3.8, 4) is 0 Å². The van der Waals surface area contributed by atoms with Crippen LogP contribution in [-0.4, -0.2) is 30.2 Å². The smallest absolute Gasteiger partial charge is 0.271 e. The molecule has 1 aliphatic rings. The first-order valence-corrected chi connectivity index (χ1v) is 5.73. The summed E-state index contributed by atoms with van der Waals surface area (Å²) in [5.74, 6) is -0.0880. The molecular formula is C12H21N3O. The van der Waals surface area contributed by atoms with Gasteiger partial charge in [0.15, 0.2) is 0 Å². The molecular weight excluding hydrogens is 202 g/mol. The van der Waals surface area contributed by atoms with Gasteiger partial charge in [-0.05, 0) is 40.2 Å². The SMILES string of the molecule is CC1=C(NC(C)C)C(C(=O)NC(C)C)=NC1. The first kappa shape index (κ1) is 12.7. The average molecular weight is 223 g/mol. The first-order valence-electron chi connectivity index (χ1n) is 5.73. The molecule has 4 nitrogen and oxygen atoms in total. The normalized spacial score (nSPS) is 15.8. The van der Waals surface area contributed by atoms with Crippen molar-refractivity contribution < 1.29 is 4.79 Å². The van der Waals surface area contributed by atoms with Crippen LogP contribution in [0.3, 0.4) is 0 Å². The third-order valence-electron chi connectivity index (χ3n) is 2.21. The highest BCUT2D eigenvalue weighted by Crippen LogP contribution is 2.13. The van der Waals surface area contributed by atoms with E-state index in [4.69, 9.17) is 0 Å². The topological polar surface area (TPSA) is 53.5 Å². The van der Waals surface area contributed by atoms with Gasteiger partial charge < -0.3 is 10.6 Å². The summed E-state index contributed by atoms with van der Waals surface area (Å²) < 4.78 is 0. The predicted molar refractivity (Wildman–Crippen MR) is 66.6 cm³/mol. The van der Waals surface area contributed by atoms with Crippen LogP contribution in [0.2, 0.25) is 0 Å². The molecule has 2 N–H and O–H groups in total. The van der Waals surface area contributed by atoms with E-state index in [2.05, 4.69) is 29.5 Å². The zero-order chi connectivity index (χ0) is 12.3. The Balaban J connectivity index is 2.78. The van der Waals surface area contributed by atoms with Crippen molar-refractivity contribution in [2.24, 2.45) is 4.99 Å². The molecule has 1 rings (SSSR count). The Kier molecular flexibility index (Phi) is 4.10. The lowest BCUT2D eigenvalue weighted by atomic mass is 10.1. The Bertz CT molecular complexity index is 340. The van der Waals surface area contributed by atoms with E-state index in [0.717, 1.165) is 11.3 Å². The molecule has 0 aromatic rings. The lowest BCUT2D eigenvalue weighted by Gasteiger charge is -2.15. The van der Waals surface area contributed by atoms with Gasteiger partial charge in [-0.1, -0.05) is 0 Å². The van der Waals surface area contributed by atoms with Crippen LogP contribution in [0.5, 0.6) is 0 Å². The van der Waals surface area contributed by atoms with E-state index in [1.54, 1.807) is 0 Å². The Morgan fingerprint density at radius 2 is 1.88 bits per heavy atom. The highest BCUT2D eigenvalue weighted by Gasteiger charge is 2.23. The fourth-order valence-electron chi connectivity index (χ4n) is 1.55. The summed E-state index contributed by atoms with van der Waals surface area (Å²) in [6.45, 7) is 10.6. The molecule has 0 saturated carbocycles. The van der Waals surface area contributed by atoms with Crippen LogP contribution >= 0.6 is 0 Å². The third kappa shape index (κ3) is 3.08. The second kappa shape index (κ2) is 5.14. The van der Waals surface area contributed by atoms with E-state index in [1.165, 1.54) is 0 Å². The van der Waals surface area contributed by atoms with Gasteiger partial charge in [-0.3, -0.25) is 9.79 Å². The van der Waals surface area contributed by atoms with Crippen LogP contribution in [0, 0.1) is 0 Å². The van der Waals surface area contributed by atoms with E-state index < -0.39 is 0 Å². The molecule has 16 heavy (non-hydrogen) atoms. The number of amides is 1. The Labute approximate surface area is 97.2 Å². The molecule has 0 atom stereocenters. The lowest BCUT2D eigenvalue weighted by Crippen LogP contribution is -2.40. The third-order valence-corrected chi connectivity index (χ3v) is 2.21. The molecule has 1 aliphatic heterocycles. The molecule has 0 aliphatic carbocycles. The quantitative estimate of drug-likeness (QED) is 0.753. The van der Waals surface area contributed by atoms with Crippen molar-refractivity contribution in [1.29, 1.82) is 0 Å². The molecule has 1 amide bonds. The number of hydrogen-bond acceptors (Lipinski definition) is 3. The maximum Gasteiger partial charge on any atom is 0.271 e. The highest BCUT2D eigenvalue weighted by molar-refractivity contribution is 6.46. The minimum atomic E-state index is -0.0880. The molecule has 0 spiro atoms. The van der Waals surface area contributed by atoms with Crippen LogP contribution in [0.1, 0.15) is 34.6 Å². The average Bonchev–Trinajstić information content (AvgIpc) is 2.46. The second-order valence-corrected chi connectivity index (χ2v) is 4.75. The van der Waals surface area contributed by atoms with Crippen molar-refractivity contribution >= 4 is 11.6 Å². The van der Waals surface area contributed by atoms with Gasteiger partial charge in [0.1, 0.15) is 5.71 Å². The van der Waals surface area contributed by atoms with E-state index >= 15 is 0 Å². The Morgan fingerprint density at radius 3 is 2.38 bits per heavy atom. The first-order chi connectivity index (χ1) is 7.41. The van der Waals surface area contributed by atoms with Gasteiger partial charge in [-0.2, -0.15) is 0 Å². The van der Waals surface area contributed by atoms with Gasteiger partial charge in [-0.25, -0.2) is 0 Å². The van der Waals surface area contributed by atoms with Crippen LogP contribution in [0.15, 0.2) is 16.3 Å². The molecule has 0 unspecified atom stereocenters. The van der Waals surface area contributed by atoms with E-state index in [1.807, 2.05) is 20.8 Å². The summed E-state index contributed by atoms with van der Waals surface area (Å²) >= 11 is 0. The standard InChI is InChI=1S/C12H21N3O/c1-7(2)14-10-9(5)6-13-11(10)12(16)15-8(3)4/h7-8,14H,6H2,1-5H3,(H,15,16). The minimum absolute atomic E-state index is 0.0880. The second-order valence-electron chi connectivity index (χ2n) is 4.75. The minimum Gasteiger partial charge on any atom is -0.381 e. The van der Waals surface area contributed by atoms with Gasteiger partial charge in [-0.15, -0.1) is 0 Å². The zero-order valence-electron chi connectivity index (χ0n) is 10.7. The van der Waals surface area contributed by atoms with Crippen molar-refractivity contribution in [1.82, 2.24) is 10.6 Å². The molecule has 4 heteroatoms. The van der Waals surface area contributed by atoms with Crippen LogP contribution in [0.25, 0.3) is 0 Å². The Hall–Kier alpha value is -1.32. The summed E-state index contributed by atoms with van der Waals surface area (Å²) in [6, 6.07) is 0.441. The molecule has 0 fully saturated rings. The van der Waals surface area contributed by atoms with E-state index in [9.17, 15) is 4.79 Å². The maximum atomic E-state index is 11.9. The number of nitrogens with zero attached hydrogens (tertiary/aromatic N) is 1. The number of rotatable bonds is 4. The molecule has 0 radical (unpaired) electrons. The molecule has 0 aromatic carbocycles. The summed E-state index contributed by atoms with van der Waals surface area (Å²) in [5.41, 5.74) is 2.57. The van der Waals surface area contributed by atoms with Crippen LogP contribution < -0.4 is 10.6 Å². The number of hydrogen-bond donors (Lipinski definition) is 2. The van der Waals surface area contributed by atoms with Crippen LogP contribution in [0.4, 0.5) is 0 Å². The fourth-order valence-corrected chi connectivity index (χ4v) is 1.55. The zero-order valence-corrected chi connectivity index (χ0v) is 10.7. The van der Waals surface area contributed by atoms with Crippen molar-refractivity contribution in [3.05, 3.63) is 11.3 Å². The maximum absolute atomic E-state index is 11.9. The summed E-state index contributed by atoms with van der Waals surface area (Å²) in [7, 11) is 0. The largest absolute Gasteiger partial charge is 0.381 e. The number of aliphatic imine (C=N–C) groups is 1. The monoisotopic (exact) mass is 223 g/mol. The lowest BCUT2D eigenvalue weighted by molar-refractivity contribution is -0.115. The van der Waals surface area contributed by atoms with Gasteiger partial charge in [0, 0.05) is 12.1 Å². The molecule has 1 heterocycles. The summed E-state index contributed by atoms with van der Waals surface area (Å²) in [4.78, 5) is 16.1. The molecule has 0 saturated heterocycles. The van der Waals surface area contributed by atoms with Crippen molar-refractivity contribution in [2.75, 3.05) is 6.54 Å². The Morgan fingerprint density at radius 1 is 1.25 bits per heavy atom. The number of nitrogens with one attached hydrogen (secondary N) is 2. The molecule has 0 bridgehead atoms. The van der Waals surface area contributed by atoms with Gasteiger partial charge in [0.25, 0.3) is 5.91 Å². The van der Waals surface area contributed by atoms with E-state index in [-0.39, 0.29) is 11.9 Å². The predicted octanol–water partition coefficient (Wildman–Crippen LogP) is 1.24. The number of carbonyl (C=O) groups is 1. The summed E-state index contributed by atoms with van der Waals surface area (Å²) in [6.07, 6.45) is 0.